The minimum Gasteiger partial charge on any atom is -0.320 e. The number of aryl methyl sites for hydroxylation is 1. The van der Waals surface area contributed by atoms with Gasteiger partial charge in [0, 0.05) is 30.2 Å². The molecular weight excluding hydrogens is 420 g/mol. The SMILES string of the molecule is O=C(Nc1ccccc1-c1nnn(CC(=O)N2CCCc3ccccc32)n1)c1cnccn1. The van der Waals surface area contributed by atoms with Gasteiger partial charge in [-0.1, -0.05) is 30.3 Å². The number of carbonyl (C=O) groups excluding carboxylic acids is 2. The second kappa shape index (κ2) is 8.95. The maximum absolute atomic E-state index is 13.0. The number of hydrogen-bond donors (Lipinski definition) is 1. The lowest BCUT2D eigenvalue weighted by molar-refractivity contribution is -0.119. The molecule has 0 aliphatic carbocycles. The molecule has 0 unspecified atom stereocenters. The van der Waals surface area contributed by atoms with Gasteiger partial charge >= 0.3 is 0 Å². The van der Waals surface area contributed by atoms with Crippen LogP contribution >= 0.6 is 0 Å². The predicted octanol–water partition coefficient (Wildman–Crippen LogP) is 2.36. The van der Waals surface area contributed by atoms with Crippen molar-refractivity contribution in [1.82, 2.24) is 30.2 Å². The van der Waals surface area contributed by atoms with E-state index in [1.165, 1.54) is 23.4 Å². The third-order valence-electron chi connectivity index (χ3n) is 5.35. The molecule has 0 radical (unpaired) electrons. The van der Waals surface area contributed by atoms with Crippen LogP contribution in [-0.2, 0) is 17.8 Å². The van der Waals surface area contributed by atoms with E-state index in [-0.39, 0.29) is 18.1 Å². The van der Waals surface area contributed by atoms with Crippen molar-refractivity contribution in [2.75, 3.05) is 16.8 Å². The second-order valence-corrected chi connectivity index (χ2v) is 7.51. The number of fused-ring (bicyclic) bond motifs is 1. The van der Waals surface area contributed by atoms with Crippen molar-refractivity contribution in [2.45, 2.75) is 19.4 Å². The summed E-state index contributed by atoms with van der Waals surface area (Å²) in [5.41, 5.74) is 3.38. The van der Waals surface area contributed by atoms with Gasteiger partial charge in [-0.15, -0.1) is 10.2 Å². The molecule has 3 heterocycles. The van der Waals surface area contributed by atoms with E-state index in [9.17, 15) is 9.59 Å². The van der Waals surface area contributed by atoms with Crippen molar-refractivity contribution in [3.8, 4) is 11.4 Å². The molecule has 1 N–H and O–H groups in total. The Hall–Kier alpha value is -4.47. The van der Waals surface area contributed by atoms with Crippen LogP contribution < -0.4 is 10.2 Å². The zero-order valence-corrected chi connectivity index (χ0v) is 17.6. The maximum atomic E-state index is 13.0. The summed E-state index contributed by atoms with van der Waals surface area (Å²) < 4.78 is 0. The van der Waals surface area contributed by atoms with Gasteiger partial charge in [0.2, 0.25) is 5.82 Å². The minimum absolute atomic E-state index is 0.0323. The monoisotopic (exact) mass is 440 g/mol. The van der Waals surface area contributed by atoms with Crippen molar-refractivity contribution < 1.29 is 9.59 Å². The van der Waals surface area contributed by atoms with Crippen molar-refractivity contribution in [1.29, 1.82) is 0 Å². The Morgan fingerprint density at radius 3 is 2.76 bits per heavy atom. The standard InChI is InChI=1S/C23H20N8O2/c32-21(30-13-5-7-16-6-1-4-10-20(16)30)15-31-28-22(27-29-31)17-8-2-3-9-18(17)26-23(33)19-14-24-11-12-25-19/h1-4,6,8-12,14H,5,7,13,15H2,(H,26,33). The smallest absolute Gasteiger partial charge is 0.275 e. The first-order valence-electron chi connectivity index (χ1n) is 10.5. The molecule has 10 heteroatoms. The first-order chi connectivity index (χ1) is 16.2. The molecule has 1 aliphatic rings. The fourth-order valence-electron chi connectivity index (χ4n) is 3.81. The van der Waals surface area contributed by atoms with Crippen molar-refractivity contribution in [3.05, 3.63) is 78.4 Å². The first-order valence-corrected chi connectivity index (χ1v) is 10.5. The third kappa shape index (κ3) is 4.31. The number of anilines is 2. The van der Waals surface area contributed by atoms with E-state index in [1.54, 1.807) is 23.1 Å². The molecule has 0 atom stereocenters. The van der Waals surface area contributed by atoms with E-state index in [0.29, 0.717) is 23.6 Å². The summed E-state index contributed by atoms with van der Waals surface area (Å²) >= 11 is 0. The predicted molar refractivity (Wildman–Crippen MR) is 120 cm³/mol. The Morgan fingerprint density at radius 1 is 1.03 bits per heavy atom. The molecule has 10 nitrogen and oxygen atoms in total. The number of tetrazole rings is 1. The number of aromatic nitrogens is 6. The van der Waals surface area contributed by atoms with E-state index >= 15 is 0 Å². The lowest BCUT2D eigenvalue weighted by Crippen LogP contribution is -2.38. The number of benzene rings is 2. The van der Waals surface area contributed by atoms with Crippen LogP contribution in [0.3, 0.4) is 0 Å². The van der Waals surface area contributed by atoms with Gasteiger partial charge in [-0.25, -0.2) is 4.98 Å². The molecule has 0 spiro atoms. The van der Waals surface area contributed by atoms with Crippen LogP contribution in [0.2, 0.25) is 0 Å². The Labute approximate surface area is 189 Å². The van der Waals surface area contributed by atoms with Gasteiger partial charge in [0.1, 0.15) is 12.2 Å². The largest absolute Gasteiger partial charge is 0.320 e. The summed E-state index contributed by atoms with van der Waals surface area (Å²) in [6, 6.07) is 15.0. The summed E-state index contributed by atoms with van der Waals surface area (Å²) in [6.07, 6.45) is 6.21. The quantitative estimate of drug-likeness (QED) is 0.506. The van der Waals surface area contributed by atoms with Crippen LogP contribution in [-0.4, -0.2) is 48.5 Å². The second-order valence-electron chi connectivity index (χ2n) is 7.51. The first kappa shape index (κ1) is 20.4. The van der Waals surface area contributed by atoms with Crippen molar-refractivity contribution in [2.24, 2.45) is 0 Å². The molecule has 4 aromatic rings. The molecule has 164 valence electrons. The summed E-state index contributed by atoms with van der Waals surface area (Å²) in [4.78, 5) is 36.4. The van der Waals surface area contributed by atoms with E-state index in [4.69, 9.17) is 0 Å². The molecule has 33 heavy (non-hydrogen) atoms. The topological polar surface area (TPSA) is 119 Å². The molecule has 0 bridgehead atoms. The molecule has 2 amide bonds. The maximum Gasteiger partial charge on any atom is 0.275 e. The Morgan fingerprint density at radius 2 is 1.88 bits per heavy atom. The lowest BCUT2D eigenvalue weighted by Gasteiger charge is -2.29. The molecule has 0 saturated heterocycles. The van der Waals surface area contributed by atoms with Gasteiger partial charge in [-0.3, -0.25) is 14.6 Å². The van der Waals surface area contributed by atoms with Gasteiger partial charge in [0.05, 0.1) is 11.9 Å². The van der Waals surface area contributed by atoms with Crippen molar-refractivity contribution >= 4 is 23.2 Å². The van der Waals surface area contributed by atoms with Crippen LogP contribution in [0.5, 0.6) is 0 Å². The Kier molecular flexibility index (Phi) is 5.54. The fourth-order valence-corrected chi connectivity index (χ4v) is 3.81. The lowest BCUT2D eigenvalue weighted by atomic mass is 10.0. The van der Waals surface area contributed by atoms with Gasteiger partial charge in [-0.05, 0) is 41.8 Å². The zero-order valence-electron chi connectivity index (χ0n) is 17.6. The molecule has 1 aliphatic heterocycles. The molecule has 2 aromatic carbocycles. The van der Waals surface area contributed by atoms with Gasteiger partial charge in [-0.2, -0.15) is 4.80 Å². The van der Waals surface area contributed by atoms with E-state index in [0.717, 1.165) is 24.1 Å². The highest BCUT2D eigenvalue weighted by Crippen LogP contribution is 2.27. The van der Waals surface area contributed by atoms with Crippen LogP contribution in [0, 0.1) is 0 Å². The number of carbonyl (C=O) groups is 2. The van der Waals surface area contributed by atoms with Crippen LogP contribution in [0.15, 0.2) is 67.1 Å². The summed E-state index contributed by atoms with van der Waals surface area (Å²) in [5, 5.41) is 15.3. The number of rotatable bonds is 5. The normalized spacial score (nSPS) is 12.8. The summed E-state index contributed by atoms with van der Waals surface area (Å²) in [6.45, 7) is 0.629. The van der Waals surface area contributed by atoms with E-state index in [1.807, 2.05) is 30.3 Å². The molecule has 5 rings (SSSR count). The van der Waals surface area contributed by atoms with Crippen LogP contribution in [0.4, 0.5) is 11.4 Å². The number of nitrogens with zero attached hydrogens (tertiary/aromatic N) is 7. The van der Waals surface area contributed by atoms with Crippen LogP contribution in [0.25, 0.3) is 11.4 Å². The molecule has 0 fully saturated rings. The highest BCUT2D eigenvalue weighted by atomic mass is 16.2. The van der Waals surface area contributed by atoms with E-state index < -0.39 is 5.91 Å². The average molecular weight is 440 g/mol. The fraction of sp³-hybridized carbons (Fsp3) is 0.174. The van der Waals surface area contributed by atoms with E-state index in [2.05, 4.69) is 30.7 Å². The molecular formula is C23H20N8O2. The summed E-state index contributed by atoms with van der Waals surface area (Å²) in [5.74, 6) is -0.200. The zero-order chi connectivity index (χ0) is 22.6. The Balaban J connectivity index is 1.34. The third-order valence-corrected chi connectivity index (χ3v) is 5.35. The molecule has 2 aromatic heterocycles. The van der Waals surface area contributed by atoms with Gasteiger partial charge < -0.3 is 10.2 Å². The Bertz CT molecular complexity index is 1300. The summed E-state index contributed by atoms with van der Waals surface area (Å²) in [7, 11) is 0. The number of hydrogen-bond acceptors (Lipinski definition) is 7. The van der Waals surface area contributed by atoms with Crippen LogP contribution in [0.1, 0.15) is 22.5 Å². The highest BCUT2D eigenvalue weighted by molar-refractivity contribution is 6.04. The number of para-hydroxylation sites is 2. The number of amides is 2. The average Bonchev–Trinajstić information content (AvgIpc) is 3.32. The highest BCUT2D eigenvalue weighted by Gasteiger charge is 2.23. The van der Waals surface area contributed by atoms with Crippen molar-refractivity contribution in [3.63, 3.8) is 0 Å². The van der Waals surface area contributed by atoms with Gasteiger partial charge in [0.15, 0.2) is 0 Å². The molecule has 0 saturated carbocycles. The van der Waals surface area contributed by atoms with Gasteiger partial charge in [0.25, 0.3) is 11.8 Å². The minimum atomic E-state index is -0.401. The number of nitrogens with one attached hydrogen (secondary N) is 1.